The van der Waals surface area contributed by atoms with Crippen LogP contribution in [0.25, 0.3) is 5.82 Å². The second-order valence-electron chi connectivity index (χ2n) is 7.68. The zero-order chi connectivity index (χ0) is 22.5. The number of nitrogen functional groups attached to an aromatic ring is 1. The van der Waals surface area contributed by atoms with Gasteiger partial charge in [-0.15, -0.1) is 5.10 Å². The number of morpholine rings is 1. The number of anilines is 1. The molecule has 32 heavy (non-hydrogen) atoms. The molecule has 0 aliphatic carbocycles. The molecule has 12 heteroatoms. The van der Waals surface area contributed by atoms with E-state index < -0.39 is 5.91 Å². The van der Waals surface area contributed by atoms with Crippen molar-refractivity contribution in [2.45, 2.75) is 26.3 Å². The lowest BCUT2D eigenvalue weighted by atomic mass is 10.0. The van der Waals surface area contributed by atoms with Crippen molar-refractivity contribution in [3.63, 3.8) is 0 Å². The Morgan fingerprint density at radius 2 is 2.00 bits per heavy atom. The number of hydrogen-bond acceptors (Lipinski definition) is 10. The first-order valence-electron chi connectivity index (χ1n) is 10.3. The molecule has 2 aromatic heterocycles. The minimum absolute atomic E-state index is 0.0490. The summed E-state index contributed by atoms with van der Waals surface area (Å²) < 4.78 is 11.4. The quantitative estimate of drug-likeness (QED) is 0.405. The highest BCUT2D eigenvalue weighted by atomic mass is 16.6. The molecule has 4 rings (SSSR count). The van der Waals surface area contributed by atoms with Crippen LogP contribution < -0.4 is 11.2 Å². The van der Waals surface area contributed by atoms with Crippen molar-refractivity contribution in [2.24, 2.45) is 5.10 Å². The van der Waals surface area contributed by atoms with E-state index in [2.05, 4.69) is 54.5 Å². The van der Waals surface area contributed by atoms with Gasteiger partial charge >= 0.3 is 0 Å². The van der Waals surface area contributed by atoms with Gasteiger partial charge in [0.2, 0.25) is 11.6 Å². The molecule has 0 saturated carbocycles. The Kier molecular flexibility index (Phi) is 6.52. The smallest absolute Gasteiger partial charge is 0.293 e. The highest BCUT2D eigenvalue weighted by molar-refractivity contribution is 5.94. The van der Waals surface area contributed by atoms with Gasteiger partial charge in [0.05, 0.1) is 25.1 Å². The molecule has 1 fully saturated rings. The first-order valence-corrected chi connectivity index (χ1v) is 10.3. The third-order valence-corrected chi connectivity index (χ3v) is 5.13. The molecule has 3 N–H and O–H groups in total. The molecule has 3 aromatic rings. The number of hydrogen-bond donors (Lipinski definition) is 2. The van der Waals surface area contributed by atoms with Crippen molar-refractivity contribution >= 4 is 17.9 Å². The molecule has 0 bridgehead atoms. The topological polar surface area (TPSA) is 150 Å². The zero-order valence-electron chi connectivity index (χ0n) is 17.9. The molecule has 12 nitrogen and oxygen atoms in total. The number of nitrogens with two attached hydrogens (primary N) is 1. The number of carbonyl (C=O) groups excluding carboxylic acids is 1. The summed E-state index contributed by atoms with van der Waals surface area (Å²) in [6, 6.07) is 7.98. The molecule has 1 amide bonds. The summed E-state index contributed by atoms with van der Waals surface area (Å²) in [5.74, 6) is 0.174. The lowest BCUT2D eigenvalue weighted by Gasteiger charge is -2.26. The molecule has 1 aromatic carbocycles. The Balaban J connectivity index is 1.53. The first kappa shape index (κ1) is 21.6. The van der Waals surface area contributed by atoms with Crippen LogP contribution in [-0.2, 0) is 11.3 Å². The summed E-state index contributed by atoms with van der Waals surface area (Å²) >= 11 is 0. The fourth-order valence-corrected chi connectivity index (χ4v) is 3.28. The number of rotatable bonds is 7. The van der Waals surface area contributed by atoms with E-state index in [4.69, 9.17) is 10.5 Å². The van der Waals surface area contributed by atoms with Gasteiger partial charge in [0.25, 0.3) is 5.91 Å². The summed E-state index contributed by atoms with van der Waals surface area (Å²) in [6.07, 6.45) is 1.58. The summed E-state index contributed by atoms with van der Waals surface area (Å²) in [6.45, 7) is 7.30. The highest BCUT2D eigenvalue weighted by Crippen LogP contribution is 2.18. The lowest BCUT2D eigenvalue weighted by Crippen LogP contribution is -2.37. The Hall–Kier alpha value is -3.64. The third-order valence-electron chi connectivity index (χ3n) is 5.13. The Bertz CT molecular complexity index is 1080. The van der Waals surface area contributed by atoms with E-state index in [0.29, 0.717) is 44.5 Å². The van der Waals surface area contributed by atoms with Crippen molar-refractivity contribution in [1.82, 2.24) is 35.6 Å². The molecule has 168 valence electrons. The van der Waals surface area contributed by atoms with Crippen LogP contribution in [-0.4, -0.2) is 68.6 Å². The summed E-state index contributed by atoms with van der Waals surface area (Å²) in [5, 5.41) is 19.5. The van der Waals surface area contributed by atoms with Crippen LogP contribution in [0.2, 0.25) is 0 Å². The SMILES string of the molecule is CC(C)c1ccc(C=NNC(=O)c2nnn(-c3nonc3N)c2CN2CCOCC2)cc1. The normalized spacial score (nSPS) is 15.0. The van der Waals surface area contributed by atoms with Crippen LogP contribution in [0.1, 0.15) is 47.1 Å². The number of nitrogens with one attached hydrogen (secondary N) is 1. The number of nitrogens with zero attached hydrogens (tertiary/aromatic N) is 7. The second-order valence-corrected chi connectivity index (χ2v) is 7.68. The van der Waals surface area contributed by atoms with Crippen LogP contribution >= 0.6 is 0 Å². The van der Waals surface area contributed by atoms with E-state index in [1.807, 2.05) is 24.3 Å². The van der Waals surface area contributed by atoms with Gasteiger partial charge in [-0.05, 0) is 27.4 Å². The Morgan fingerprint density at radius 3 is 2.66 bits per heavy atom. The molecule has 3 heterocycles. The summed E-state index contributed by atoms with van der Waals surface area (Å²) in [7, 11) is 0. The van der Waals surface area contributed by atoms with Gasteiger partial charge in [-0.3, -0.25) is 9.69 Å². The summed E-state index contributed by atoms with van der Waals surface area (Å²) in [5.41, 5.74) is 11.1. The van der Waals surface area contributed by atoms with E-state index in [-0.39, 0.29) is 17.3 Å². The Labute approximate surface area is 184 Å². The van der Waals surface area contributed by atoms with Gasteiger partial charge < -0.3 is 10.5 Å². The van der Waals surface area contributed by atoms with Gasteiger partial charge in [-0.25, -0.2) is 10.1 Å². The predicted molar refractivity (Wildman–Crippen MR) is 115 cm³/mol. The number of amides is 1. The van der Waals surface area contributed by atoms with Crippen molar-refractivity contribution in [3.05, 3.63) is 46.8 Å². The second kappa shape index (κ2) is 9.66. The van der Waals surface area contributed by atoms with E-state index >= 15 is 0 Å². The van der Waals surface area contributed by atoms with Crippen molar-refractivity contribution in [1.29, 1.82) is 0 Å². The fourth-order valence-electron chi connectivity index (χ4n) is 3.28. The monoisotopic (exact) mass is 439 g/mol. The molecule has 1 saturated heterocycles. The summed E-state index contributed by atoms with van der Waals surface area (Å²) in [4.78, 5) is 15.0. The molecule has 1 aliphatic rings. The fraction of sp³-hybridized carbons (Fsp3) is 0.400. The van der Waals surface area contributed by atoms with Gasteiger partial charge in [0, 0.05) is 19.6 Å². The molecule has 0 radical (unpaired) electrons. The highest BCUT2D eigenvalue weighted by Gasteiger charge is 2.26. The van der Waals surface area contributed by atoms with Gasteiger partial charge in [0.15, 0.2) is 5.69 Å². The molecular weight excluding hydrogens is 414 g/mol. The Morgan fingerprint density at radius 1 is 1.25 bits per heavy atom. The van der Waals surface area contributed by atoms with Crippen LogP contribution in [0.15, 0.2) is 34.0 Å². The van der Waals surface area contributed by atoms with Crippen molar-refractivity contribution in [3.8, 4) is 5.82 Å². The minimum Gasteiger partial charge on any atom is -0.379 e. The van der Waals surface area contributed by atoms with Gasteiger partial charge in [-0.2, -0.15) is 9.78 Å². The first-order chi connectivity index (χ1) is 15.5. The van der Waals surface area contributed by atoms with Crippen LogP contribution in [0.4, 0.5) is 5.82 Å². The lowest BCUT2D eigenvalue weighted by molar-refractivity contribution is 0.0332. The molecular formula is C20H25N9O3. The molecule has 0 unspecified atom stereocenters. The van der Waals surface area contributed by atoms with Crippen LogP contribution in [0, 0.1) is 0 Å². The van der Waals surface area contributed by atoms with E-state index in [9.17, 15) is 4.79 Å². The molecule has 0 atom stereocenters. The largest absolute Gasteiger partial charge is 0.379 e. The third kappa shape index (κ3) is 4.81. The zero-order valence-corrected chi connectivity index (χ0v) is 17.9. The van der Waals surface area contributed by atoms with Crippen LogP contribution in [0.3, 0.4) is 0 Å². The predicted octanol–water partition coefficient (Wildman–Crippen LogP) is 0.952. The number of ether oxygens (including phenoxy) is 1. The maximum Gasteiger partial charge on any atom is 0.293 e. The van der Waals surface area contributed by atoms with Gasteiger partial charge in [0.1, 0.15) is 0 Å². The number of carbonyl (C=O) groups is 1. The van der Waals surface area contributed by atoms with Crippen molar-refractivity contribution in [2.75, 3.05) is 32.0 Å². The number of benzene rings is 1. The number of hydrazone groups is 1. The average molecular weight is 439 g/mol. The standard InChI is InChI=1S/C20H25N9O3/c1-13(2)15-5-3-14(4-6-15)11-22-24-20(30)17-16(12-28-7-9-31-10-8-28)29(27-23-17)19-18(21)25-32-26-19/h3-6,11,13H,7-10,12H2,1-2H3,(H2,21,25)(H,24,30). The van der Waals surface area contributed by atoms with E-state index in [0.717, 1.165) is 5.56 Å². The maximum absolute atomic E-state index is 12.8. The number of aromatic nitrogens is 5. The average Bonchev–Trinajstić information content (AvgIpc) is 3.40. The van der Waals surface area contributed by atoms with Crippen molar-refractivity contribution < 1.29 is 14.2 Å². The van der Waals surface area contributed by atoms with E-state index in [1.54, 1.807) is 6.21 Å². The maximum atomic E-state index is 12.8. The molecule has 1 aliphatic heterocycles. The van der Waals surface area contributed by atoms with Gasteiger partial charge in [-0.1, -0.05) is 43.3 Å². The van der Waals surface area contributed by atoms with E-state index in [1.165, 1.54) is 10.2 Å². The molecule has 0 spiro atoms. The minimum atomic E-state index is -0.496. The van der Waals surface area contributed by atoms with Crippen LogP contribution in [0.5, 0.6) is 0 Å².